The van der Waals surface area contributed by atoms with Crippen LogP contribution in [0.5, 0.6) is 0 Å². The molecular weight excluding hydrogens is 609 g/mol. The summed E-state index contributed by atoms with van der Waals surface area (Å²) in [5.41, 5.74) is 12.7. The Balaban J connectivity index is 1.01. The standard InChI is InChI=1S/C46H38N4/c1-4-13-33(14-5-1)34-23-25-35(26-24-34)37-17-12-18-39(31-37)43-29-30-47-46(49-43)50-45-28-27-38(32-42(45)36-15-6-2-7-16-36)41-21-10-11-22-44(41)48-40-19-8-3-9-20-40/h1-32,42,45-46,48-50H. The zero-order valence-electron chi connectivity index (χ0n) is 27.7. The summed E-state index contributed by atoms with van der Waals surface area (Å²) < 4.78 is 0. The van der Waals surface area contributed by atoms with Crippen LogP contribution in [0.3, 0.4) is 0 Å². The first-order valence-electron chi connectivity index (χ1n) is 17.2. The summed E-state index contributed by atoms with van der Waals surface area (Å²) in [6, 6.07) is 57.6. The van der Waals surface area contributed by atoms with Gasteiger partial charge in [0.15, 0.2) is 6.29 Å². The Bertz CT molecular complexity index is 2180. The predicted molar refractivity (Wildman–Crippen MR) is 210 cm³/mol. The first kappa shape index (κ1) is 31.1. The van der Waals surface area contributed by atoms with E-state index in [-0.39, 0.29) is 18.2 Å². The molecule has 0 amide bonds. The molecule has 6 aromatic rings. The number of anilines is 2. The number of nitrogens with one attached hydrogen (secondary N) is 3. The lowest BCUT2D eigenvalue weighted by atomic mass is 9.83. The second-order valence-electron chi connectivity index (χ2n) is 12.6. The number of hydrogen-bond donors (Lipinski definition) is 3. The lowest BCUT2D eigenvalue weighted by Gasteiger charge is -2.32. The van der Waals surface area contributed by atoms with Crippen LogP contribution in [-0.4, -0.2) is 18.5 Å². The van der Waals surface area contributed by atoms with E-state index < -0.39 is 0 Å². The maximum atomic E-state index is 4.80. The highest BCUT2D eigenvalue weighted by Gasteiger charge is 2.27. The largest absolute Gasteiger partial charge is 0.355 e. The van der Waals surface area contributed by atoms with Gasteiger partial charge in [-0.2, -0.15) is 0 Å². The smallest absolute Gasteiger partial charge is 0.174 e. The Morgan fingerprint density at radius 2 is 1.18 bits per heavy atom. The van der Waals surface area contributed by atoms with Crippen molar-refractivity contribution in [1.29, 1.82) is 0 Å². The molecule has 1 heterocycles. The highest BCUT2D eigenvalue weighted by atomic mass is 15.3. The molecule has 3 unspecified atom stereocenters. The Hall–Kier alpha value is -6.23. The third-order valence-electron chi connectivity index (χ3n) is 9.32. The van der Waals surface area contributed by atoms with E-state index in [0.29, 0.717) is 0 Å². The van der Waals surface area contributed by atoms with Gasteiger partial charge in [0.1, 0.15) is 0 Å². The number of allylic oxidation sites excluding steroid dienone is 3. The Labute approximate surface area is 294 Å². The van der Waals surface area contributed by atoms with Gasteiger partial charge >= 0.3 is 0 Å². The van der Waals surface area contributed by atoms with Crippen molar-refractivity contribution in [3.05, 3.63) is 205 Å². The van der Waals surface area contributed by atoms with Gasteiger partial charge < -0.3 is 10.6 Å². The van der Waals surface area contributed by atoms with E-state index in [4.69, 9.17) is 4.99 Å². The molecule has 4 heteroatoms. The van der Waals surface area contributed by atoms with Crippen LogP contribution < -0.4 is 16.0 Å². The summed E-state index contributed by atoms with van der Waals surface area (Å²) in [4.78, 5) is 4.80. The first-order valence-corrected chi connectivity index (χ1v) is 17.2. The Kier molecular flexibility index (Phi) is 9.00. The molecule has 2 aliphatic rings. The number of benzene rings is 6. The minimum Gasteiger partial charge on any atom is -0.355 e. The summed E-state index contributed by atoms with van der Waals surface area (Å²) in [6.07, 6.45) is 10.6. The molecule has 1 aliphatic heterocycles. The molecule has 8 rings (SSSR count). The van der Waals surface area contributed by atoms with E-state index in [1.807, 2.05) is 12.3 Å². The second-order valence-corrected chi connectivity index (χ2v) is 12.6. The molecule has 4 nitrogen and oxygen atoms in total. The molecule has 0 fully saturated rings. The molecule has 0 radical (unpaired) electrons. The molecular formula is C46H38N4. The number of para-hydroxylation sites is 2. The minimum atomic E-state index is -0.286. The maximum Gasteiger partial charge on any atom is 0.174 e. The first-order chi connectivity index (χ1) is 24.8. The number of aliphatic imine (C=N–C) groups is 1. The molecule has 3 atom stereocenters. The molecule has 242 valence electrons. The lowest BCUT2D eigenvalue weighted by molar-refractivity contribution is 0.432. The third kappa shape index (κ3) is 6.98. The summed E-state index contributed by atoms with van der Waals surface area (Å²) in [5.74, 6) is 0.106. The normalized spacial score (nSPS) is 18.1. The highest BCUT2D eigenvalue weighted by Crippen LogP contribution is 2.36. The van der Waals surface area contributed by atoms with Crippen molar-refractivity contribution >= 4 is 28.9 Å². The number of rotatable bonds is 9. The van der Waals surface area contributed by atoms with E-state index in [1.54, 1.807) is 0 Å². The lowest BCUT2D eigenvalue weighted by Crippen LogP contribution is -2.48. The van der Waals surface area contributed by atoms with Gasteiger partial charge in [-0.15, -0.1) is 0 Å². The zero-order valence-corrected chi connectivity index (χ0v) is 27.7. The van der Waals surface area contributed by atoms with Crippen molar-refractivity contribution < 1.29 is 0 Å². The molecule has 0 bridgehead atoms. The van der Waals surface area contributed by atoms with Crippen molar-refractivity contribution in [1.82, 2.24) is 10.6 Å². The Morgan fingerprint density at radius 3 is 1.96 bits per heavy atom. The van der Waals surface area contributed by atoms with Crippen LogP contribution in [0, 0.1) is 0 Å². The molecule has 0 saturated heterocycles. The molecule has 50 heavy (non-hydrogen) atoms. The molecule has 1 aliphatic carbocycles. The molecule has 0 spiro atoms. The van der Waals surface area contributed by atoms with Crippen molar-refractivity contribution in [3.8, 4) is 22.3 Å². The van der Waals surface area contributed by atoms with Gasteiger partial charge in [0, 0.05) is 40.8 Å². The van der Waals surface area contributed by atoms with Gasteiger partial charge in [-0.25, -0.2) is 0 Å². The molecule has 0 aromatic heterocycles. The van der Waals surface area contributed by atoms with Gasteiger partial charge in [-0.05, 0) is 69.3 Å². The zero-order chi connectivity index (χ0) is 33.5. The monoisotopic (exact) mass is 646 g/mol. The fourth-order valence-corrected chi connectivity index (χ4v) is 6.75. The number of nitrogens with zero attached hydrogens (tertiary/aromatic N) is 1. The molecule has 6 aromatic carbocycles. The van der Waals surface area contributed by atoms with Crippen LogP contribution in [0.4, 0.5) is 11.4 Å². The van der Waals surface area contributed by atoms with Crippen molar-refractivity contribution in [2.75, 3.05) is 5.32 Å². The van der Waals surface area contributed by atoms with E-state index in [9.17, 15) is 0 Å². The van der Waals surface area contributed by atoms with Crippen LogP contribution in [0.15, 0.2) is 193 Å². The fourth-order valence-electron chi connectivity index (χ4n) is 6.75. The topological polar surface area (TPSA) is 48.5 Å². The van der Waals surface area contributed by atoms with Crippen LogP contribution in [0.25, 0.3) is 33.5 Å². The van der Waals surface area contributed by atoms with Gasteiger partial charge in [0.2, 0.25) is 0 Å². The predicted octanol–water partition coefficient (Wildman–Crippen LogP) is 10.5. The average Bonchev–Trinajstić information content (AvgIpc) is 3.20. The fraction of sp³-hybridized carbons (Fsp3) is 0.0652. The Morgan fingerprint density at radius 1 is 0.560 bits per heavy atom. The van der Waals surface area contributed by atoms with Crippen molar-refractivity contribution in [2.45, 2.75) is 18.2 Å². The van der Waals surface area contributed by atoms with E-state index in [2.05, 4.69) is 198 Å². The summed E-state index contributed by atoms with van der Waals surface area (Å²) in [5, 5.41) is 11.1. The van der Waals surface area contributed by atoms with E-state index >= 15 is 0 Å². The van der Waals surface area contributed by atoms with Gasteiger partial charge in [-0.1, -0.05) is 158 Å². The SMILES string of the molecule is C1=CC(NC2N=CC=C(c3cccc(-c4ccc(-c5ccccc5)cc4)c3)N2)C(c2ccccc2)C=C1c1ccccc1Nc1ccccc1. The van der Waals surface area contributed by atoms with Gasteiger partial charge in [0.05, 0.1) is 0 Å². The minimum absolute atomic E-state index is 0.0267. The quantitative estimate of drug-likeness (QED) is 0.147. The summed E-state index contributed by atoms with van der Waals surface area (Å²) in [7, 11) is 0. The van der Waals surface area contributed by atoms with Crippen molar-refractivity contribution in [3.63, 3.8) is 0 Å². The molecule has 0 saturated carbocycles. The van der Waals surface area contributed by atoms with Gasteiger partial charge in [0.25, 0.3) is 0 Å². The van der Waals surface area contributed by atoms with Gasteiger partial charge in [-0.3, -0.25) is 10.3 Å². The highest BCUT2D eigenvalue weighted by molar-refractivity contribution is 5.87. The van der Waals surface area contributed by atoms with Crippen LogP contribution in [0.2, 0.25) is 0 Å². The number of hydrogen-bond acceptors (Lipinski definition) is 4. The van der Waals surface area contributed by atoms with Crippen LogP contribution in [-0.2, 0) is 0 Å². The molecule has 3 N–H and O–H groups in total. The third-order valence-corrected chi connectivity index (χ3v) is 9.32. The van der Waals surface area contributed by atoms with E-state index in [1.165, 1.54) is 39.0 Å². The van der Waals surface area contributed by atoms with Crippen molar-refractivity contribution in [2.24, 2.45) is 4.99 Å². The summed E-state index contributed by atoms with van der Waals surface area (Å²) in [6.45, 7) is 0. The maximum absolute atomic E-state index is 4.80. The average molecular weight is 647 g/mol. The summed E-state index contributed by atoms with van der Waals surface area (Å²) >= 11 is 0. The van der Waals surface area contributed by atoms with E-state index in [0.717, 1.165) is 22.6 Å². The van der Waals surface area contributed by atoms with Crippen LogP contribution >= 0.6 is 0 Å². The second kappa shape index (κ2) is 14.5. The van der Waals surface area contributed by atoms with Crippen LogP contribution in [0.1, 0.15) is 22.6 Å².